The molecule has 6 heteroatoms. The first-order chi connectivity index (χ1) is 9.40. The van der Waals surface area contributed by atoms with Crippen LogP contribution in [0.4, 0.5) is 0 Å². The minimum absolute atomic E-state index is 0.409. The maximum Gasteiger partial charge on any atom is 0.326 e. The fourth-order valence-electron chi connectivity index (χ4n) is 1.81. The molecule has 1 atom stereocenters. The molecule has 1 N–H and O–H groups in total. The van der Waals surface area contributed by atoms with Crippen LogP contribution in [0.1, 0.15) is 13.0 Å². The van der Waals surface area contributed by atoms with Crippen molar-refractivity contribution in [3.63, 3.8) is 0 Å². The molecule has 0 aliphatic carbocycles. The van der Waals surface area contributed by atoms with E-state index in [1.807, 2.05) is 0 Å². The maximum atomic E-state index is 12.0. The first-order valence-electron chi connectivity index (χ1n) is 5.80. The van der Waals surface area contributed by atoms with Crippen LogP contribution in [0.3, 0.4) is 0 Å². The van der Waals surface area contributed by atoms with E-state index < -0.39 is 17.6 Å². The molecule has 1 aromatic heterocycles. The highest BCUT2D eigenvalue weighted by Crippen LogP contribution is 2.29. The number of carboxylic acid groups (broad SMARTS) is 1. The Morgan fingerprint density at radius 2 is 1.95 bits per heavy atom. The smallest absolute Gasteiger partial charge is 0.326 e. The lowest BCUT2D eigenvalue weighted by Crippen LogP contribution is -2.26. The van der Waals surface area contributed by atoms with Gasteiger partial charge in [0.05, 0.1) is 0 Å². The van der Waals surface area contributed by atoms with Gasteiger partial charge in [-0.2, -0.15) is 0 Å². The molecule has 2 aromatic rings. The first-order valence-corrected chi connectivity index (χ1v) is 6.56. The molecular weight excluding hydrogens is 301 g/mol. The summed E-state index contributed by atoms with van der Waals surface area (Å²) in [5.41, 5.74) is 0.816. The van der Waals surface area contributed by atoms with Crippen molar-refractivity contribution >= 4 is 29.2 Å². The van der Waals surface area contributed by atoms with Gasteiger partial charge in [0.2, 0.25) is 0 Å². The normalized spacial score (nSPS) is 12.2. The Bertz CT molecular complexity index is 725. The highest BCUT2D eigenvalue weighted by atomic mass is 35.5. The van der Waals surface area contributed by atoms with E-state index in [0.29, 0.717) is 21.2 Å². The van der Waals surface area contributed by atoms with Crippen molar-refractivity contribution in [2.75, 3.05) is 0 Å². The number of carboxylic acids is 1. The van der Waals surface area contributed by atoms with Crippen LogP contribution in [0, 0.1) is 0 Å². The zero-order valence-corrected chi connectivity index (χ0v) is 12.0. The van der Waals surface area contributed by atoms with E-state index in [9.17, 15) is 9.59 Å². The molecule has 20 heavy (non-hydrogen) atoms. The molecule has 104 valence electrons. The number of aliphatic carboxylic acids is 1. The average molecular weight is 312 g/mol. The second-order valence-electron chi connectivity index (χ2n) is 4.30. The summed E-state index contributed by atoms with van der Waals surface area (Å²) in [5.74, 6) is -1.07. The Labute approximate surface area is 125 Å². The predicted octanol–water partition coefficient (Wildman–Crippen LogP) is 3.47. The second-order valence-corrected chi connectivity index (χ2v) is 5.14. The van der Waals surface area contributed by atoms with Gasteiger partial charge in [0.1, 0.15) is 6.04 Å². The quantitative estimate of drug-likeness (QED) is 0.944. The van der Waals surface area contributed by atoms with Crippen molar-refractivity contribution < 1.29 is 9.90 Å². The first kappa shape index (κ1) is 14.6. The van der Waals surface area contributed by atoms with Crippen LogP contribution in [-0.4, -0.2) is 15.6 Å². The predicted molar refractivity (Wildman–Crippen MR) is 78.5 cm³/mol. The van der Waals surface area contributed by atoms with Crippen LogP contribution in [-0.2, 0) is 4.79 Å². The lowest BCUT2D eigenvalue weighted by molar-refractivity contribution is -0.140. The molecule has 2 rings (SSSR count). The van der Waals surface area contributed by atoms with E-state index in [0.717, 1.165) is 4.57 Å². The van der Waals surface area contributed by atoms with Crippen LogP contribution in [0.15, 0.2) is 41.3 Å². The van der Waals surface area contributed by atoms with Crippen LogP contribution >= 0.6 is 23.2 Å². The molecule has 0 saturated heterocycles. The Morgan fingerprint density at radius 1 is 1.25 bits per heavy atom. The largest absolute Gasteiger partial charge is 0.480 e. The van der Waals surface area contributed by atoms with Gasteiger partial charge in [-0.15, -0.1) is 0 Å². The molecule has 0 unspecified atom stereocenters. The second kappa shape index (κ2) is 5.69. The average Bonchev–Trinajstić information content (AvgIpc) is 2.40. The monoisotopic (exact) mass is 311 g/mol. The number of carbonyl (C=O) groups is 1. The van der Waals surface area contributed by atoms with Crippen LogP contribution in [0.5, 0.6) is 0 Å². The van der Waals surface area contributed by atoms with Gasteiger partial charge in [0.25, 0.3) is 5.56 Å². The molecule has 0 aliphatic rings. The van der Waals surface area contributed by atoms with E-state index in [1.165, 1.54) is 19.2 Å². The molecular formula is C14H11Cl2NO3. The minimum atomic E-state index is -1.07. The summed E-state index contributed by atoms with van der Waals surface area (Å²) >= 11 is 12.0. The molecule has 0 aliphatic heterocycles. The Balaban J connectivity index is 2.51. The molecule has 0 saturated carbocycles. The molecule has 0 bridgehead atoms. The standard InChI is InChI=1S/C14H11Cl2NO3/c1-8(14(19)20)17-5-4-9(6-13(17)18)11-7-10(15)2-3-12(11)16/h2-8H,1H3,(H,19,20)/t8-/m1/s1. The van der Waals surface area contributed by atoms with Gasteiger partial charge in [-0.3, -0.25) is 4.79 Å². The number of hydrogen-bond acceptors (Lipinski definition) is 2. The third-order valence-electron chi connectivity index (χ3n) is 2.96. The maximum absolute atomic E-state index is 12.0. The van der Waals surface area contributed by atoms with Crippen molar-refractivity contribution in [2.24, 2.45) is 0 Å². The highest BCUT2D eigenvalue weighted by molar-refractivity contribution is 6.35. The van der Waals surface area contributed by atoms with Crippen LogP contribution in [0.25, 0.3) is 11.1 Å². The van der Waals surface area contributed by atoms with E-state index in [-0.39, 0.29) is 0 Å². The Morgan fingerprint density at radius 3 is 2.55 bits per heavy atom. The lowest BCUT2D eigenvalue weighted by atomic mass is 10.1. The van der Waals surface area contributed by atoms with Gasteiger partial charge in [-0.25, -0.2) is 4.79 Å². The molecule has 0 fully saturated rings. The molecule has 0 radical (unpaired) electrons. The number of rotatable bonds is 3. The Kier molecular flexibility index (Phi) is 4.16. The van der Waals surface area contributed by atoms with Gasteiger partial charge in [0.15, 0.2) is 0 Å². The van der Waals surface area contributed by atoms with Crippen molar-refractivity contribution in [3.8, 4) is 11.1 Å². The zero-order chi connectivity index (χ0) is 14.9. The molecule has 1 aromatic carbocycles. The van der Waals surface area contributed by atoms with E-state index in [4.69, 9.17) is 28.3 Å². The van der Waals surface area contributed by atoms with Crippen LogP contribution in [0.2, 0.25) is 10.0 Å². The summed E-state index contributed by atoms with van der Waals surface area (Å²) in [6.07, 6.45) is 1.44. The molecule has 0 spiro atoms. The fourth-order valence-corrected chi connectivity index (χ4v) is 2.21. The van der Waals surface area contributed by atoms with Crippen molar-refractivity contribution in [2.45, 2.75) is 13.0 Å². The number of hydrogen-bond donors (Lipinski definition) is 1. The van der Waals surface area contributed by atoms with Crippen molar-refractivity contribution in [1.82, 2.24) is 4.57 Å². The van der Waals surface area contributed by atoms with Crippen molar-refractivity contribution in [1.29, 1.82) is 0 Å². The van der Waals surface area contributed by atoms with Gasteiger partial charge < -0.3 is 9.67 Å². The van der Waals surface area contributed by atoms with Gasteiger partial charge in [-0.1, -0.05) is 23.2 Å². The summed E-state index contributed by atoms with van der Waals surface area (Å²) in [4.78, 5) is 22.9. The summed E-state index contributed by atoms with van der Waals surface area (Å²) in [5, 5.41) is 9.91. The van der Waals surface area contributed by atoms with E-state index in [1.54, 1.807) is 24.3 Å². The lowest BCUT2D eigenvalue weighted by Gasteiger charge is -2.11. The van der Waals surface area contributed by atoms with Gasteiger partial charge >= 0.3 is 5.97 Å². The summed E-state index contributed by atoms with van der Waals surface area (Å²) in [7, 11) is 0. The number of benzene rings is 1. The number of halogens is 2. The van der Waals surface area contributed by atoms with Gasteiger partial charge in [-0.05, 0) is 36.8 Å². The van der Waals surface area contributed by atoms with Crippen molar-refractivity contribution in [3.05, 3.63) is 56.9 Å². The number of aromatic nitrogens is 1. The summed E-state index contributed by atoms with van der Waals surface area (Å²) in [6, 6.07) is 7.01. The third-order valence-corrected chi connectivity index (χ3v) is 3.53. The number of pyridine rings is 1. The SMILES string of the molecule is C[C@H](C(=O)O)n1ccc(-c2cc(Cl)ccc2Cl)cc1=O. The van der Waals surface area contributed by atoms with Crippen LogP contribution < -0.4 is 5.56 Å². The minimum Gasteiger partial charge on any atom is -0.480 e. The highest BCUT2D eigenvalue weighted by Gasteiger charge is 2.15. The summed E-state index contributed by atoms with van der Waals surface area (Å²) in [6.45, 7) is 1.44. The number of nitrogens with zero attached hydrogens (tertiary/aromatic N) is 1. The van der Waals surface area contributed by atoms with Gasteiger partial charge in [0, 0.05) is 27.9 Å². The fraction of sp³-hybridized carbons (Fsp3) is 0.143. The topological polar surface area (TPSA) is 59.3 Å². The molecule has 0 amide bonds. The third kappa shape index (κ3) is 2.86. The van der Waals surface area contributed by atoms with E-state index in [2.05, 4.69) is 0 Å². The Hall–Kier alpha value is -1.78. The summed E-state index contributed by atoms with van der Waals surface area (Å²) < 4.78 is 1.14. The zero-order valence-electron chi connectivity index (χ0n) is 10.5. The van der Waals surface area contributed by atoms with E-state index >= 15 is 0 Å². The molecule has 4 nitrogen and oxygen atoms in total. The molecule has 1 heterocycles.